The molecule has 9 heteroatoms. The number of hydrogen-bond acceptors (Lipinski definition) is 8. The number of nitrogens with two attached hydrogens (primary N) is 1. The maximum absolute atomic E-state index is 10.9. The van der Waals surface area contributed by atoms with Crippen LogP contribution in [0.4, 0.5) is 11.5 Å². The van der Waals surface area contributed by atoms with Gasteiger partial charge in [0.2, 0.25) is 5.91 Å². The van der Waals surface area contributed by atoms with Gasteiger partial charge in [-0.05, 0) is 58.3 Å². The molecule has 1 aromatic heterocycles. The van der Waals surface area contributed by atoms with Gasteiger partial charge < -0.3 is 30.3 Å². The number of aromatic nitrogens is 2. The third kappa shape index (κ3) is 7.83. The lowest BCUT2D eigenvalue weighted by molar-refractivity contribution is -0.125. The number of benzene rings is 2. The van der Waals surface area contributed by atoms with E-state index in [-0.39, 0.29) is 17.8 Å². The molecule has 210 valence electrons. The molecule has 0 unspecified atom stereocenters. The monoisotopic (exact) mass is 534 g/mol. The minimum Gasteiger partial charge on any atom is -0.508 e. The number of ether oxygens (including phenoxy) is 1. The van der Waals surface area contributed by atoms with Crippen LogP contribution in [0.1, 0.15) is 38.4 Å². The van der Waals surface area contributed by atoms with Crippen molar-refractivity contribution in [3.05, 3.63) is 60.3 Å². The number of nitrogens with zero attached hydrogens (tertiary/aromatic N) is 5. The lowest BCUT2D eigenvalue weighted by atomic mass is 10.0. The van der Waals surface area contributed by atoms with Crippen LogP contribution in [0.2, 0.25) is 0 Å². The highest BCUT2D eigenvalue weighted by Crippen LogP contribution is 2.35. The Morgan fingerprint density at radius 2 is 2.00 bits per heavy atom. The van der Waals surface area contributed by atoms with Crippen LogP contribution in [0.15, 0.2) is 49.1 Å². The normalized spacial score (nSPS) is 13.3. The second-order valence-corrected chi connectivity index (χ2v) is 9.99. The first-order valence-electron chi connectivity index (χ1n) is 13.5. The minimum atomic E-state index is -0.0443. The number of aromatic hydroxyl groups is 1. The molecular formula is C30H42N6O3. The number of hydrogen-bond donors (Lipinski definition) is 2. The number of nitrogen functional groups attached to an aromatic ring is 1. The summed E-state index contributed by atoms with van der Waals surface area (Å²) in [4.78, 5) is 26.0. The van der Waals surface area contributed by atoms with Gasteiger partial charge in [-0.3, -0.25) is 4.79 Å². The SMILES string of the molecule is C=CC(=O)N(CC)CCC.C[C@H](CN(C)C)Oc1nc(N)c2c(n1)CN(c1cc(O)cc3ccccc13)CC2. The summed E-state index contributed by atoms with van der Waals surface area (Å²) in [7, 11) is 4.00. The molecule has 0 spiro atoms. The number of anilines is 2. The van der Waals surface area contributed by atoms with Crippen LogP contribution in [0.5, 0.6) is 11.8 Å². The number of rotatable bonds is 9. The van der Waals surface area contributed by atoms with E-state index in [1.165, 1.54) is 6.08 Å². The summed E-state index contributed by atoms with van der Waals surface area (Å²) in [5, 5.41) is 12.3. The van der Waals surface area contributed by atoms with Gasteiger partial charge in [0.1, 0.15) is 17.7 Å². The summed E-state index contributed by atoms with van der Waals surface area (Å²) in [6, 6.07) is 12.0. The highest BCUT2D eigenvalue weighted by atomic mass is 16.5. The molecule has 2 heterocycles. The first-order valence-corrected chi connectivity index (χ1v) is 13.5. The summed E-state index contributed by atoms with van der Waals surface area (Å²) >= 11 is 0. The lowest BCUT2D eigenvalue weighted by Gasteiger charge is -2.31. The van der Waals surface area contributed by atoms with Crippen LogP contribution in [0.3, 0.4) is 0 Å². The van der Waals surface area contributed by atoms with Crippen LogP contribution >= 0.6 is 0 Å². The van der Waals surface area contributed by atoms with Crippen molar-refractivity contribution >= 4 is 28.2 Å². The van der Waals surface area contributed by atoms with Gasteiger partial charge in [0.25, 0.3) is 0 Å². The molecule has 1 atom stereocenters. The molecular weight excluding hydrogens is 492 g/mol. The maximum atomic E-state index is 10.9. The summed E-state index contributed by atoms with van der Waals surface area (Å²) in [5.41, 5.74) is 9.07. The van der Waals surface area contributed by atoms with Gasteiger partial charge in [-0.15, -0.1) is 0 Å². The van der Waals surface area contributed by atoms with Crippen LogP contribution in [0, 0.1) is 0 Å². The van der Waals surface area contributed by atoms with E-state index in [1.54, 1.807) is 11.0 Å². The average molecular weight is 535 g/mol. The largest absolute Gasteiger partial charge is 0.508 e. The zero-order chi connectivity index (χ0) is 28.5. The van der Waals surface area contributed by atoms with Crippen molar-refractivity contribution in [2.45, 2.75) is 46.3 Å². The van der Waals surface area contributed by atoms with Crippen molar-refractivity contribution in [2.75, 3.05) is 50.9 Å². The Morgan fingerprint density at radius 1 is 1.26 bits per heavy atom. The molecule has 2 aromatic carbocycles. The second kappa shape index (κ2) is 13.8. The Labute approximate surface area is 231 Å². The van der Waals surface area contributed by atoms with E-state index in [4.69, 9.17) is 10.5 Å². The molecule has 0 aliphatic carbocycles. The fraction of sp³-hybridized carbons (Fsp3) is 0.433. The predicted octanol–water partition coefficient (Wildman–Crippen LogP) is 4.24. The molecule has 4 rings (SSSR count). The highest BCUT2D eigenvalue weighted by molar-refractivity contribution is 5.95. The van der Waals surface area contributed by atoms with E-state index in [1.807, 2.05) is 52.2 Å². The Kier molecular flexibility index (Phi) is 10.5. The molecule has 1 aliphatic rings. The van der Waals surface area contributed by atoms with Gasteiger partial charge in [-0.2, -0.15) is 9.97 Å². The topological polar surface area (TPSA) is 108 Å². The van der Waals surface area contributed by atoms with Crippen LogP contribution in [0.25, 0.3) is 10.8 Å². The number of phenols is 1. The van der Waals surface area contributed by atoms with Crippen LogP contribution < -0.4 is 15.4 Å². The van der Waals surface area contributed by atoms with E-state index in [2.05, 4.69) is 39.3 Å². The number of fused-ring (bicyclic) bond motifs is 2. The molecule has 0 radical (unpaired) electrons. The van der Waals surface area contributed by atoms with Crippen molar-refractivity contribution in [2.24, 2.45) is 0 Å². The second-order valence-electron chi connectivity index (χ2n) is 9.99. The number of carbonyl (C=O) groups is 1. The fourth-order valence-corrected chi connectivity index (χ4v) is 4.79. The fourth-order valence-electron chi connectivity index (χ4n) is 4.79. The van der Waals surface area contributed by atoms with Crippen LogP contribution in [-0.2, 0) is 17.8 Å². The van der Waals surface area contributed by atoms with Crippen molar-refractivity contribution in [1.29, 1.82) is 0 Å². The highest BCUT2D eigenvalue weighted by Gasteiger charge is 2.24. The molecule has 0 saturated heterocycles. The number of phenolic OH excluding ortho intramolecular Hbond substituents is 1. The van der Waals surface area contributed by atoms with Crippen molar-refractivity contribution in [3.8, 4) is 11.8 Å². The number of likely N-dealkylation sites (N-methyl/N-ethyl adjacent to an activating group) is 2. The Bertz CT molecular complexity index is 1280. The Hall–Kier alpha value is -3.85. The molecule has 3 aromatic rings. The predicted molar refractivity (Wildman–Crippen MR) is 158 cm³/mol. The zero-order valence-corrected chi connectivity index (χ0v) is 23.9. The summed E-state index contributed by atoms with van der Waals surface area (Å²) < 4.78 is 5.90. The molecule has 0 fully saturated rings. The maximum Gasteiger partial charge on any atom is 0.318 e. The standard InChI is InChI=1S/C22H27N5O2.C8H15NO/c1-14(12-26(2)3)29-22-24-19-13-27(9-8-18(19)21(23)25-22)20-11-16(28)10-15-6-4-5-7-17(15)20;1-4-7-9(6-3)8(10)5-2/h4-7,10-11,14,28H,8-9,12-13H2,1-3H3,(H2,23,24,25);5H,2,4,6-7H2,1,3H3/t14-;/m1./s1. The van der Waals surface area contributed by atoms with Crippen molar-refractivity contribution in [3.63, 3.8) is 0 Å². The first kappa shape index (κ1) is 29.7. The van der Waals surface area contributed by atoms with Gasteiger partial charge in [0.05, 0.1) is 12.2 Å². The van der Waals surface area contributed by atoms with E-state index in [0.717, 1.165) is 66.7 Å². The van der Waals surface area contributed by atoms with E-state index in [0.29, 0.717) is 18.4 Å². The zero-order valence-electron chi connectivity index (χ0n) is 23.9. The van der Waals surface area contributed by atoms with E-state index in [9.17, 15) is 9.90 Å². The van der Waals surface area contributed by atoms with Crippen molar-refractivity contribution in [1.82, 2.24) is 19.8 Å². The average Bonchev–Trinajstić information content (AvgIpc) is 2.90. The van der Waals surface area contributed by atoms with E-state index < -0.39 is 0 Å². The quantitative estimate of drug-likeness (QED) is 0.393. The van der Waals surface area contributed by atoms with Gasteiger partial charge >= 0.3 is 6.01 Å². The number of carbonyl (C=O) groups excluding carboxylic acids is 1. The lowest BCUT2D eigenvalue weighted by Crippen LogP contribution is -2.33. The van der Waals surface area contributed by atoms with Crippen molar-refractivity contribution < 1.29 is 14.6 Å². The molecule has 1 amide bonds. The molecule has 9 nitrogen and oxygen atoms in total. The van der Waals surface area contributed by atoms with Gasteiger partial charge in [-0.25, -0.2) is 0 Å². The molecule has 0 saturated carbocycles. The van der Waals surface area contributed by atoms with Gasteiger partial charge in [0.15, 0.2) is 0 Å². The number of amides is 1. The summed E-state index contributed by atoms with van der Waals surface area (Å²) in [6.45, 7) is 13.2. The van der Waals surface area contributed by atoms with E-state index >= 15 is 0 Å². The van der Waals surface area contributed by atoms with Crippen LogP contribution in [-0.4, -0.2) is 77.2 Å². The third-order valence-corrected chi connectivity index (χ3v) is 6.53. The minimum absolute atomic E-state index is 0.0318. The summed E-state index contributed by atoms with van der Waals surface area (Å²) in [5.74, 6) is 0.778. The molecule has 39 heavy (non-hydrogen) atoms. The smallest absolute Gasteiger partial charge is 0.318 e. The Morgan fingerprint density at radius 3 is 2.67 bits per heavy atom. The third-order valence-electron chi connectivity index (χ3n) is 6.53. The van der Waals surface area contributed by atoms with Gasteiger partial charge in [-0.1, -0.05) is 37.8 Å². The molecule has 3 N–H and O–H groups in total. The van der Waals surface area contributed by atoms with Gasteiger partial charge in [0, 0.05) is 48.9 Å². The summed E-state index contributed by atoms with van der Waals surface area (Å²) in [6.07, 6.45) is 3.07. The Balaban J connectivity index is 0.000000360. The first-order chi connectivity index (χ1) is 18.7. The molecule has 0 bridgehead atoms. The molecule has 1 aliphatic heterocycles.